The topological polar surface area (TPSA) is 106 Å². The molecular weight excluding hydrogens is 386 g/mol. The smallest absolute Gasteiger partial charge is 0.252 e. The Balaban J connectivity index is 0.00000125. The van der Waals surface area contributed by atoms with E-state index in [1.54, 1.807) is 0 Å². The standard InChI is InChI=1S/C23H32N4O.C2H6.H3N.H2/c1-15-7-8-21-17(13-15)14-19(22(24)28)23(26-21)27-11-9-18(10-12-27)25-20-6-4-3-5-16(20)2;1-2;;/h7-8,13-14,16,18,20,25H,3-6,9-12H2,1-2H3,(H2,24,28);1-2H3;1H3;1H. The number of fused-ring (bicyclic) bond motifs is 1. The van der Waals surface area contributed by atoms with E-state index >= 15 is 0 Å². The number of carbonyl (C=O) groups excluding carboxylic acids is 1. The van der Waals surface area contributed by atoms with Crippen molar-refractivity contribution in [3.63, 3.8) is 0 Å². The SMILES string of the molecule is CC.Cc1ccc2nc(N3CCC(NC4CCCCC4C)CC3)c(C(N)=O)cc2c1.N.[HH]. The molecule has 1 aromatic heterocycles. The van der Waals surface area contributed by atoms with E-state index in [0.29, 0.717) is 17.6 Å². The Labute approximate surface area is 189 Å². The van der Waals surface area contributed by atoms with E-state index in [1.165, 1.54) is 25.7 Å². The number of piperidine rings is 1. The number of aromatic nitrogens is 1. The predicted molar refractivity (Wildman–Crippen MR) is 133 cm³/mol. The van der Waals surface area contributed by atoms with Gasteiger partial charge in [0.1, 0.15) is 5.82 Å². The third-order valence-corrected chi connectivity index (χ3v) is 6.57. The van der Waals surface area contributed by atoms with Crippen molar-refractivity contribution < 1.29 is 6.22 Å². The zero-order chi connectivity index (χ0) is 21.7. The van der Waals surface area contributed by atoms with Crippen molar-refractivity contribution in [1.29, 1.82) is 0 Å². The van der Waals surface area contributed by atoms with Gasteiger partial charge in [-0.1, -0.05) is 45.2 Å². The van der Waals surface area contributed by atoms with Gasteiger partial charge in [-0.3, -0.25) is 4.79 Å². The quantitative estimate of drug-likeness (QED) is 0.618. The summed E-state index contributed by atoms with van der Waals surface area (Å²) in [6, 6.07) is 9.26. The fourth-order valence-electron chi connectivity index (χ4n) is 4.83. The summed E-state index contributed by atoms with van der Waals surface area (Å²) in [6.07, 6.45) is 7.53. The molecular formula is C25H43N5O. The average Bonchev–Trinajstić information content (AvgIpc) is 2.76. The molecule has 1 saturated heterocycles. The summed E-state index contributed by atoms with van der Waals surface area (Å²) in [5, 5.41) is 4.89. The van der Waals surface area contributed by atoms with E-state index in [2.05, 4.69) is 29.3 Å². The monoisotopic (exact) mass is 429 g/mol. The second kappa shape index (κ2) is 11.4. The number of aryl methyl sites for hydroxylation is 1. The number of hydrogen-bond donors (Lipinski definition) is 3. The molecule has 2 aromatic rings. The molecule has 0 bridgehead atoms. The van der Waals surface area contributed by atoms with E-state index in [9.17, 15) is 4.79 Å². The highest BCUT2D eigenvalue weighted by Gasteiger charge is 2.28. The first-order valence-corrected chi connectivity index (χ1v) is 11.7. The second-order valence-corrected chi connectivity index (χ2v) is 8.72. The van der Waals surface area contributed by atoms with Crippen molar-refractivity contribution in [2.24, 2.45) is 11.7 Å². The van der Waals surface area contributed by atoms with Crippen LogP contribution in [0.1, 0.15) is 76.6 Å². The lowest BCUT2D eigenvalue weighted by atomic mass is 9.85. The Hall–Kier alpha value is -2.18. The molecule has 1 aliphatic carbocycles. The minimum Gasteiger partial charge on any atom is -0.365 e. The van der Waals surface area contributed by atoms with Crippen LogP contribution in [0.4, 0.5) is 5.82 Å². The maximum atomic E-state index is 12.1. The first-order chi connectivity index (χ1) is 14.5. The molecule has 6 heteroatoms. The van der Waals surface area contributed by atoms with Crippen molar-refractivity contribution in [2.75, 3.05) is 18.0 Å². The largest absolute Gasteiger partial charge is 0.365 e. The fraction of sp³-hybridized carbons (Fsp3) is 0.600. The summed E-state index contributed by atoms with van der Waals surface area (Å²) in [5.41, 5.74) is 8.30. The number of amides is 1. The summed E-state index contributed by atoms with van der Waals surface area (Å²) < 4.78 is 0. The summed E-state index contributed by atoms with van der Waals surface area (Å²) in [6.45, 7) is 10.2. The van der Waals surface area contributed by atoms with E-state index in [1.807, 2.05) is 32.9 Å². The lowest BCUT2D eigenvalue weighted by Crippen LogP contribution is -2.49. The van der Waals surface area contributed by atoms with Crippen LogP contribution in [0.5, 0.6) is 0 Å². The molecule has 6 N–H and O–H groups in total. The van der Waals surface area contributed by atoms with Crippen LogP contribution in [0.15, 0.2) is 24.3 Å². The van der Waals surface area contributed by atoms with E-state index in [-0.39, 0.29) is 7.58 Å². The molecule has 0 spiro atoms. The van der Waals surface area contributed by atoms with Gasteiger partial charge in [0.05, 0.1) is 11.1 Å². The van der Waals surface area contributed by atoms with E-state index < -0.39 is 5.91 Å². The van der Waals surface area contributed by atoms with Gasteiger partial charge in [-0.2, -0.15) is 0 Å². The van der Waals surface area contributed by atoms with Gasteiger partial charge < -0.3 is 22.1 Å². The highest BCUT2D eigenvalue weighted by atomic mass is 16.1. The maximum Gasteiger partial charge on any atom is 0.252 e. The average molecular weight is 430 g/mol. The molecule has 174 valence electrons. The molecule has 2 atom stereocenters. The van der Waals surface area contributed by atoms with Crippen LogP contribution < -0.4 is 22.1 Å². The van der Waals surface area contributed by atoms with Gasteiger partial charge in [0.2, 0.25) is 0 Å². The van der Waals surface area contributed by atoms with E-state index in [4.69, 9.17) is 10.7 Å². The summed E-state index contributed by atoms with van der Waals surface area (Å²) in [4.78, 5) is 19.2. The Bertz CT molecular complexity index is 867. The van der Waals surface area contributed by atoms with Crippen LogP contribution in [0.3, 0.4) is 0 Å². The van der Waals surface area contributed by atoms with Gasteiger partial charge >= 0.3 is 0 Å². The molecule has 2 fully saturated rings. The third kappa shape index (κ3) is 5.95. The molecule has 1 amide bonds. The van der Waals surface area contributed by atoms with Crippen molar-refractivity contribution in [3.8, 4) is 0 Å². The Morgan fingerprint density at radius 2 is 1.81 bits per heavy atom. The summed E-state index contributed by atoms with van der Waals surface area (Å²) in [5.74, 6) is 1.12. The van der Waals surface area contributed by atoms with Crippen LogP contribution >= 0.6 is 0 Å². The number of nitrogens with zero attached hydrogens (tertiary/aromatic N) is 2. The van der Waals surface area contributed by atoms with Crippen molar-refractivity contribution in [3.05, 3.63) is 35.4 Å². The number of nitrogens with one attached hydrogen (secondary N) is 1. The highest BCUT2D eigenvalue weighted by molar-refractivity contribution is 6.01. The first-order valence-electron chi connectivity index (χ1n) is 11.7. The molecule has 2 aliphatic rings. The molecule has 1 aromatic carbocycles. The first kappa shape index (κ1) is 25.1. The van der Waals surface area contributed by atoms with E-state index in [0.717, 1.165) is 54.1 Å². The third-order valence-electron chi connectivity index (χ3n) is 6.57. The van der Waals surface area contributed by atoms with Gasteiger partial charge in [0.15, 0.2) is 0 Å². The van der Waals surface area contributed by atoms with Crippen LogP contribution in [-0.4, -0.2) is 36.1 Å². The zero-order valence-electron chi connectivity index (χ0n) is 19.8. The van der Waals surface area contributed by atoms with Gasteiger partial charge in [0.25, 0.3) is 5.91 Å². The van der Waals surface area contributed by atoms with Crippen molar-refractivity contribution in [1.82, 2.24) is 16.5 Å². The molecule has 2 unspecified atom stereocenters. The predicted octanol–water partition coefficient (Wildman–Crippen LogP) is 5.21. The number of primary amides is 1. The van der Waals surface area contributed by atoms with Gasteiger partial charge in [-0.25, -0.2) is 4.98 Å². The van der Waals surface area contributed by atoms with Crippen LogP contribution in [0.2, 0.25) is 0 Å². The normalized spacial score (nSPS) is 21.7. The Morgan fingerprint density at radius 1 is 1.13 bits per heavy atom. The molecule has 2 heterocycles. The van der Waals surface area contributed by atoms with Crippen molar-refractivity contribution >= 4 is 22.6 Å². The lowest BCUT2D eigenvalue weighted by Gasteiger charge is -2.38. The zero-order valence-corrected chi connectivity index (χ0v) is 19.8. The Kier molecular flexibility index (Phi) is 9.26. The number of hydrogen-bond acceptors (Lipinski definition) is 5. The molecule has 1 aliphatic heterocycles. The van der Waals surface area contributed by atoms with Gasteiger partial charge in [-0.15, -0.1) is 0 Å². The minimum absolute atomic E-state index is 0. The summed E-state index contributed by atoms with van der Waals surface area (Å²) >= 11 is 0. The number of anilines is 1. The maximum absolute atomic E-state index is 12.1. The van der Waals surface area contributed by atoms with Gasteiger partial charge in [-0.05, 0) is 56.7 Å². The fourth-order valence-corrected chi connectivity index (χ4v) is 4.83. The van der Waals surface area contributed by atoms with Crippen molar-refractivity contribution in [2.45, 2.75) is 78.3 Å². The molecule has 0 radical (unpaired) electrons. The minimum atomic E-state index is -0.401. The molecule has 4 rings (SSSR count). The molecule has 31 heavy (non-hydrogen) atoms. The number of pyridine rings is 1. The van der Waals surface area contributed by atoms with Gasteiger partial charge in [0, 0.05) is 32.0 Å². The van der Waals surface area contributed by atoms with Crippen LogP contribution in [0.25, 0.3) is 10.9 Å². The number of nitrogens with two attached hydrogens (primary N) is 1. The number of rotatable bonds is 4. The molecule has 1 saturated carbocycles. The van der Waals surface area contributed by atoms with Crippen LogP contribution in [0, 0.1) is 12.8 Å². The Morgan fingerprint density at radius 3 is 2.45 bits per heavy atom. The molecule has 6 nitrogen and oxygen atoms in total. The second-order valence-electron chi connectivity index (χ2n) is 8.72. The highest BCUT2D eigenvalue weighted by Crippen LogP contribution is 2.28. The summed E-state index contributed by atoms with van der Waals surface area (Å²) in [7, 11) is 0. The number of carbonyl (C=O) groups is 1. The van der Waals surface area contributed by atoms with Crippen LogP contribution in [-0.2, 0) is 0 Å². The number of benzene rings is 1. The lowest BCUT2D eigenvalue weighted by molar-refractivity contribution is 0.100.